The lowest BCUT2D eigenvalue weighted by molar-refractivity contribution is 0.556. The summed E-state index contributed by atoms with van der Waals surface area (Å²) in [7, 11) is 0. The van der Waals surface area contributed by atoms with Gasteiger partial charge in [-0.05, 0) is 63.8 Å². The van der Waals surface area contributed by atoms with E-state index < -0.39 is 0 Å². The van der Waals surface area contributed by atoms with Gasteiger partial charge in [0, 0.05) is 0 Å². The van der Waals surface area contributed by atoms with Crippen LogP contribution in [0, 0.1) is 41.5 Å². The second-order valence-corrected chi connectivity index (χ2v) is 5.92. The first-order valence-electron chi connectivity index (χ1n) is 7.18. The van der Waals surface area contributed by atoms with Gasteiger partial charge in [0.25, 0.3) is 0 Å². The van der Waals surface area contributed by atoms with E-state index in [1.54, 1.807) is 4.90 Å². The molecule has 0 saturated carbocycles. The number of rotatable bonds is 3. The van der Waals surface area contributed by atoms with Crippen LogP contribution in [0.5, 0.6) is 0 Å². The third-order valence-electron chi connectivity index (χ3n) is 3.81. The number of benzene rings is 2. The first kappa shape index (κ1) is 15.3. The first-order valence-corrected chi connectivity index (χ1v) is 7.18. The summed E-state index contributed by atoms with van der Waals surface area (Å²) in [5, 5.41) is 0. The molecule has 0 bridgehead atoms. The average Bonchev–Trinajstić information content (AvgIpc) is 2.34. The van der Waals surface area contributed by atoms with Crippen LogP contribution >= 0.6 is 0 Å². The Morgan fingerprint density at radius 3 is 1.19 bits per heavy atom. The summed E-state index contributed by atoms with van der Waals surface area (Å²) in [6.45, 7) is 12.3. The summed E-state index contributed by atoms with van der Waals surface area (Å²) in [5.41, 5.74) is 8.65. The van der Waals surface area contributed by atoms with Crippen LogP contribution in [-0.4, -0.2) is 6.41 Å². The summed E-state index contributed by atoms with van der Waals surface area (Å²) >= 11 is 0. The summed E-state index contributed by atoms with van der Waals surface area (Å²) < 4.78 is 0. The second-order valence-electron chi connectivity index (χ2n) is 5.92. The van der Waals surface area contributed by atoms with Gasteiger partial charge in [-0.2, -0.15) is 0 Å². The van der Waals surface area contributed by atoms with Crippen molar-refractivity contribution in [2.45, 2.75) is 41.5 Å². The van der Waals surface area contributed by atoms with Crippen molar-refractivity contribution >= 4 is 17.8 Å². The van der Waals surface area contributed by atoms with Crippen molar-refractivity contribution in [1.82, 2.24) is 0 Å². The molecule has 0 aliphatic carbocycles. The van der Waals surface area contributed by atoms with E-state index in [1.165, 1.54) is 11.1 Å². The first-order chi connectivity index (χ1) is 9.85. The molecule has 0 N–H and O–H groups in total. The van der Waals surface area contributed by atoms with Gasteiger partial charge in [-0.3, -0.25) is 9.69 Å². The van der Waals surface area contributed by atoms with E-state index in [4.69, 9.17) is 0 Å². The van der Waals surface area contributed by atoms with Crippen LogP contribution in [0.3, 0.4) is 0 Å². The third-order valence-corrected chi connectivity index (χ3v) is 3.81. The van der Waals surface area contributed by atoms with Crippen molar-refractivity contribution in [3.8, 4) is 0 Å². The molecule has 21 heavy (non-hydrogen) atoms. The standard InChI is InChI=1S/C19H22NO/c1-12-7-14(3)18(15(4)8-12)20(11-21)19-16(5)9-13(2)10-17(19)6/h7-10H,1-6H3. The van der Waals surface area contributed by atoms with E-state index in [0.29, 0.717) is 0 Å². The van der Waals surface area contributed by atoms with E-state index >= 15 is 0 Å². The predicted octanol–water partition coefficient (Wildman–Crippen LogP) is 4.74. The van der Waals surface area contributed by atoms with Crippen molar-refractivity contribution in [3.05, 3.63) is 57.6 Å². The van der Waals surface area contributed by atoms with Crippen LogP contribution < -0.4 is 4.90 Å². The second kappa shape index (κ2) is 5.72. The molecular weight excluding hydrogens is 258 g/mol. The molecule has 0 aromatic heterocycles. The van der Waals surface area contributed by atoms with Gasteiger partial charge in [-0.1, -0.05) is 35.4 Å². The van der Waals surface area contributed by atoms with Crippen molar-refractivity contribution < 1.29 is 4.79 Å². The molecule has 0 aliphatic heterocycles. The minimum Gasteiger partial charge on any atom is -0.272 e. The molecule has 2 aromatic rings. The number of hydrogen-bond acceptors (Lipinski definition) is 1. The molecule has 2 heteroatoms. The SMILES string of the molecule is Cc1cc(C)c(N([C]=O)c2c(C)cc(C)cc2C)c(C)c1. The van der Waals surface area contributed by atoms with Crippen molar-refractivity contribution in [2.75, 3.05) is 4.90 Å². The fourth-order valence-corrected chi connectivity index (χ4v) is 3.25. The maximum absolute atomic E-state index is 11.7. The normalized spacial score (nSPS) is 10.6. The molecule has 0 fully saturated rings. The molecular formula is C19H22NO. The minimum atomic E-state index is 0.936. The fraction of sp³-hybridized carbons (Fsp3) is 0.316. The fourth-order valence-electron chi connectivity index (χ4n) is 3.25. The number of aryl methyl sites for hydroxylation is 6. The molecule has 0 saturated heterocycles. The zero-order valence-electron chi connectivity index (χ0n) is 13.7. The van der Waals surface area contributed by atoms with E-state index in [9.17, 15) is 4.79 Å². The van der Waals surface area contributed by atoms with Gasteiger partial charge in [-0.25, -0.2) is 0 Å². The van der Waals surface area contributed by atoms with Crippen LogP contribution in [0.2, 0.25) is 0 Å². The van der Waals surface area contributed by atoms with Crippen LogP contribution in [-0.2, 0) is 4.79 Å². The Bertz CT molecular complexity index is 597. The maximum Gasteiger partial charge on any atom is 0.321 e. The van der Waals surface area contributed by atoms with Crippen molar-refractivity contribution in [3.63, 3.8) is 0 Å². The summed E-state index contributed by atoms with van der Waals surface area (Å²) in [6.07, 6.45) is 2.12. The van der Waals surface area contributed by atoms with E-state index in [1.807, 2.05) is 27.7 Å². The van der Waals surface area contributed by atoms with E-state index in [-0.39, 0.29) is 0 Å². The quantitative estimate of drug-likeness (QED) is 0.743. The highest BCUT2D eigenvalue weighted by molar-refractivity contribution is 5.92. The van der Waals surface area contributed by atoms with Crippen molar-refractivity contribution in [2.24, 2.45) is 0 Å². The molecule has 2 nitrogen and oxygen atoms in total. The smallest absolute Gasteiger partial charge is 0.272 e. The molecule has 109 valence electrons. The zero-order valence-corrected chi connectivity index (χ0v) is 13.7. The Hall–Kier alpha value is -2.09. The maximum atomic E-state index is 11.7. The molecule has 0 unspecified atom stereocenters. The lowest BCUT2D eigenvalue weighted by Gasteiger charge is -2.25. The molecule has 2 aromatic carbocycles. The minimum absolute atomic E-state index is 0.936. The summed E-state index contributed by atoms with van der Waals surface area (Å²) in [6, 6.07) is 8.41. The third kappa shape index (κ3) is 2.85. The largest absolute Gasteiger partial charge is 0.321 e. The average molecular weight is 280 g/mol. The van der Waals surface area contributed by atoms with Gasteiger partial charge in [0.1, 0.15) is 0 Å². The predicted molar refractivity (Wildman–Crippen MR) is 89.1 cm³/mol. The Kier molecular flexibility index (Phi) is 4.17. The van der Waals surface area contributed by atoms with Gasteiger partial charge >= 0.3 is 6.41 Å². The van der Waals surface area contributed by atoms with Crippen LogP contribution in [0.15, 0.2) is 24.3 Å². The Morgan fingerprint density at radius 2 is 0.952 bits per heavy atom. The molecule has 0 atom stereocenters. The highest BCUT2D eigenvalue weighted by Crippen LogP contribution is 2.35. The Labute approximate surface area is 127 Å². The van der Waals surface area contributed by atoms with Crippen molar-refractivity contribution in [1.29, 1.82) is 0 Å². The number of amides is 1. The molecule has 0 aliphatic rings. The molecule has 2 rings (SSSR count). The van der Waals surface area contributed by atoms with Gasteiger partial charge in [0.2, 0.25) is 0 Å². The van der Waals surface area contributed by atoms with Crippen LogP contribution in [0.4, 0.5) is 11.4 Å². The number of carbonyl (C=O) groups excluding carboxylic acids is 1. The summed E-state index contributed by atoms with van der Waals surface area (Å²) in [5.74, 6) is 0. The van der Waals surface area contributed by atoms with Gasteiger partial charge in [-0.15, -0.1) is 0 Å². The number of hydrogen-bond donors (Lipinski definition) is 0. The highest BCUT2D eigenvalue weighted by atomic mass is 16.1. The van der Waals surface area contributed by atoms with Crippen LogP contribution in [0.25, 0.3) is 0 Å². The van der Waals surface area contributed by atoms with E-state index in [0.717, 1.165) is 33.6 Å². The number of nitrogens with zero attached hydrogens (tertiary/aromatic N) is 1. The molecule has 1 radical (unpaired) electrons. The molecule has 0 spiro atoms. The van der Waals surface area contributed by atoms with Gasteiger partial charge in [0.05, 0.1) is 11.4 Å². The molecule has 0 heterocycles. The Balaban J connectivity index is 2.69. The topological polar surface area (TPSA) is 20.3 Å². The Morgan fingerprint density at radius 1 is 0.667 bits per heavy atom. The molecule has 1 amide bonds. The zero-order chi connectivity index (χ0) is 15.7. The van der Waals surface area contributed by atoms with Crippen LogP contribution in [0.1, 0.15) is 33.4 Å². The lowest BCUT2D eigenvalue weighted by atomic mass is 10.0. The highest BCUT2D eigenvalue weighted by Gasteiger charge is 2.19. The van der Waals surface area contributed by atoms with Gasteiger partial charge in [0.15, 0.2) is 0 Å². The van der Waals surface area contributed by atoms with E-state index in [2.05, 4.69) is 44.5 Å². The van der Waals surface area contributed by atoms with Gasteiger partial charge < -0.3 is 0 Å². The lowest BCUT2D eigenvalue weighted by Crippen LogP contribution is -2.19. The summed E-state index contributed by atoms with van der Waals surface area (Å²) in [4.78, 5) is 13.3. The monoisotopic (exact) mass is 280 g/mol. The number of anilines is 2.